The highest BCUT2D eigenvalue weighted by Gasteiger charge is 2.25. The summed E-state index contributed by atoms with van der Waals surface area (Å²) in [5.74, 6) is -0.295. The molecule has 0 radical (unpaired) electrons. The number of hydrogen-bond acceptors (Lipinski definition) is 6. The van der Waals surface area contributed by atoms with Crippen molar-refractivity contribution in [1.29, 1.82) is 0 Å². The van der Waals surface area contributed by atoms with Gasteiger partial charge in [-0.2, -0.15) is 0 Å². The summed E-state index contributed by atoms with van der Waals surface area (Å²) in [6.07, 6.45) is 2.00. The van der Waals surface area contributed by atoms with Gasteiger partial charge in [0.2, 0.25) is 0 Å². The van der Waals surface area contributed by atoms with Gasteiger partial charge < -0.3 is 20.5 Å². The minimum atomic E-state index is -0.735. The zero-order valence-electron chi connectivity index (χ0n) is 18.4. The lowest BCUT2D eigenvalue weighted by atomic mass is 10.1. The molecule has 0 saturated heterocycles. The van der Waals surface area contributed by atoms with E-state index in [4.69, 9.17) is 27.9 Å². The third-order valence-corrected chi connectivity index (χ3v) is 6.44. The average molecular weight is 506 g/mol. The first-order valence-corrected chi connectivity index (χ1v) is 11.9. The first kappa shape index (κ1) is 24.8. The Bertz CT molecular complexity index is 1160. The number of benzene rings is 2. The summed E-state index contributed by atoms with van der Waals surface area (Å²) in [7, 11) is 0. The normalized spacial score (nSPS) is 18.8. The van der Waals surface area contributed by atoms with E-state index in [2.05, 4.69) is 15.6 Å². The number of halogens is 3. The lowest BCUT2D eigenvalue weighted by Gasteiger charge is -2.18. The first-order valence-electron chi connectivity index (χ1n) is 11.2. The summed E-state index contributed by atoms with van der Waals surface area (Å²) >= 11 is 11.7. The summed E-state index contributed by atoms with van der Waals surface area (Å²) in [6, 6.07) is 13.6. The average Bonchev–Trinajstić information content (AvgIpc) is 3.29. The van der Waals surface area contributed by atoms with Crippen LogP contribution < -0.4 is 15.4 Å². The predicted octanol–water partition coefficient (Wildman–Crippen LogP) is 4.40. The van der Waals surface area contributed by atoms with Gasteiger partial charge in [-0.3, -0.25) is 4.79 Å². The zero-order chi connectivity index (χ0) is 24.1. The molecule has 2 aromatic carbocycles. The van der Waals surface area contributed by atoms with Crippen molar-refractivity contribution >= 4 is 39.9 Å². The van der Waals surface area contributed by atoms with Crippen molar-refractivity contribution in [2.45, 2.75) is 37.5 Å². The van der Waals surface area contributed by atoms with Crippen molar-refractivity contribution in [1.82, 2.24) is 15.6 Å². The Kier molecular flexibility index (Phi) is 8.34. The van der Waals surface area contributed by atoms with E-state index in [1.165, 1.54) is 12.1 Å². The Morgan fingerprint density at radius 3 is 2.71 bits per heavy atom. The van der Waals surface area contributed by atoms with Gasteiger partial charge in [-0.05, 0) is 55.7 Å². The van der Waals surface area contributed by atoms with Crippen LogP contribution in [-0.2, 0) is 0 Å². The number of ether oxygens (including phenoxy) is 1. The summed E-state index contributed by atoms with van der Waals surface area (Å²) in [6.45, 7) is 0.622. The first-order chi connectivity index (χ1) is 16.4. The van der Waals surface area contributed by atoms with E-state index in [1.54, 1.807) is 18.2 Å². The molecule has 6 nitrogen and oxygen atoms in total. The molecule has 1 heterocycles. The maximum atomic E-state index is 13.5. The fraction of sp³-hybridized carbons (Fsp3) is 0.360. The van der Waals surface area contributed by atoms with Gasteiger partial charge in [-0.1, -0.05) is 29.3 Å². The summed E-state index contributed by atoms with van der Waals surface area (Å²) in [5.41, 5.74) is 1.17. The molecule has 9 heteroatoms. The summed E-state index contributed by atoms with van der Waals surface area (Å²) in [4.78, 5) is 17.0. The van der Waals surface area contributed by atoms with Gasteiger partial charge in [0.15, 0.2) is 5.78 Å². The summed E-state index contributed by atoms with van der Waals surface area (Å²) < 4.78 is 18.9. The van der Waals surface area contributed by atoms with Crippen LogP contribution in [0, 0.1) is 5.82 Å². The zero-order valence-corrected chi connectivity index (χ0v) is 20.0. The van der Waals surface area contributed by atoms with Crippen molar-refractivity contribution < 1.29 is 19.0 Å². The number of aromatic nitrogens is 1. The molecule has 3 unspecified atom stereocenters. The molecule has 1 saturated carbocycles. The third-order valence-electron chi connectivity index (χ3n) is 5.90. The van der Waals surface area contributed by atoms with E-state index < -0.39 is 11.9 Å². The molecule has 34 heavy (non-hydrogen) atoms. The SMILES string of the molecule is O=C(CNC1CCC(NCC(O)COc2ccc(Cl)c(F)c2)C1)c1ccc2cc(Cl)ccc2n1. The topological polar surface area (TPSA) is 83.5 Å². The Morgan fingerprint density at radius 2 is 1.91 bits per heavy atom. The van der Waals surface area contributed by atoms with Gasteiger partial charge in [0.05, 0.1) is 17.1 Å². The largest absolute Gasteiger partial charge is 0.491 e. The predicted molar refractivity (Wildman–Crippen MR) is 131 cm³/mol. The Balaban J connectivity index is 1.17. The number of nitrogens with zero attached hydrogens (tertiary/aromatic N) is 1. The molecule has 3 aromatic rings. The molecule has 1 aliphatic rings. The lowest BCUT2D eigenvalue weighted by molar-refractivity contribution is 0.0982. The van der Waals surface area contributed by atoms with Gasteiger partial charge in [0.1, 0.15) is 30.0 Å². The number of rotatable bonds is 10. The van der Waals surface area contributed by atoms with Crippen LogP contribution >= 0.6 is 23.2 Å². The Labute approximate surface area is 207 Å². The van der Waals surface area contributed by atoms with Crippen molar-refractivity contribution in [3.05, 3.63) is 70.1 Å². The number of ketones is 1. The van der Waals surface area contributed by atoms with Crippen LogP contribution in [0.5, 0.6) is 5.75 Å². The Morgan fingerprint density at radius 1 is 1.12 bits per heavy atom. The van der Waals surface area contributed by atoms with E-state index in [0.717, 1.165) is 30.2 Å². The molecule has 3 atom stereocenters. The Hall–Kier alpha value is -2.29. The highest BCUT2D eigenvalue weighted by atomic mass is 35.5. The van der Waals surface area contributed by atoms with E-state index in [0.29, 0.717) is 23.0 Å². The second-order valence-corrected chi connectivity index (χ2v) is 9.34. The third kappa shape index (κ3) is 6.64. The molecule has 1 aromatic heterocycles. The van der Waals surface area contributed by atoms with E-state index >= 15 is 0 Å². The van der Waals surface area contributed by atoms with E-state index in [9.17, 15) is 14.3 Å². The number of Topliss-reactive ketones (excluding diaryl/α,β-unsaturated/α-hetero) is 1. The molecule has 3 N–H and O–H groups in total. The van der Waals surface area contributed by atoms with Gasteiger partial charge in [-0.15, -0.1) is 0 Å². The quantitative estimate of drug-likeness (QED) is 0.354. The minimum Gasteiger partial charge on any atom is -0.491 e. The van der Waals surface area contributed by atoms with Gasteiger partial charge in [-0.25, -0.2) is 9.37 Å². The molecule has 0 amide bonds. The lowest BCUT2D eigenvalue weighted by Crippen LogP contribution is -2.38. The highest BCUT2D eigenvalue weighted by molar-refractivity contribution is 6.31. The maximum Gasteiger partial charge on any atom is 0.194 e. The molecule has 1 fully saturated rings. The highest BCUT2D eigenvalue weighted by Crippen LogP contribution is 2.22. The van der Waals surface area contributed by atoms with Crippen molar-refractivity contribution in [2.24, 2.45) is 0 Å². The maximum absolute atomic E-state index is 13.5. The second kappa shape index (κ2) is 11.4. The van der Waals surface area contributed by atoms with Gasteiger partial charge in [0.25, 0.3) is 0 Å². The molecular weight excluding hydrogens is 480 g/mol. The summed E-state index contributed by atoms with van der Waals surface area (Å²) in [5, 5.41) is 18.4. The van der Waals surface area contributed by atoms with Crippen LogP contribution in [0.15, 0.2) is 48.5 Å². The monoisotopic (exact) mass is 505 g/mol. The van der Waals surface area contributed by atoms with Crippen molar-refractivity contribution in [3.8, 4) is 5.75 Å². The van der Waals surface area contributed by atoms with Crippen molar-refractivity contribution in [3.63, 3.8) is 0 Å². The smallest absolute Gasteiger partial charge is 0.194 e. The number of aliphatic hydroxyl groups excluding tert-OH is 1. The number of carbonyl (C=O) groups excluding carboxylic acids is 1. The number of carbonyl (C=O) groups is 1. The molecule has 1 aliphatic carbocycles. The molecule has 4 rings (SSSR count). The van der Waals surface area contributed by atoms with Crippen LogP contribution in [0.1, 0.15) is 29.8 Å². The molecule has 0 aliphatic heterocycles. The standard InChI is InChI=1S/C25H26Cl2FN3O3/c26-16-2-8-23-15(9-16)1-7-24(31-23)25(33)13-30-18-4-3-17(10-18)29-12-19(32)14-34-20-5-6-21(27)22(28)11-20/h1-2,5-9,11,17-19,29-30,32H,3-4,10,12-14H2. The van der Waals surface area contributed by atoms with Crippen LogP contribution in [-0.4, -0.2) is 53.8 Å². The molecule has 180 valence electrons. The number of hydrogen-bond donors (Lipinski definition) is 3. The molecule has 0 bridgehead atoms. The molecule has 0 spiro atoms. The van der Waals surface area contributed by atoms with E-state index in [-0.39, 0.29) is 36.0 Å². The molecular formula is C25H26Cl2FN3O3. The van der Waals surface area contributed by atoms with Crippen LogP contribution in [0.25, 0.3) is 10.9 Å². The minimum absolute atomic E-state index is 0.0274. The second-order valence-electron chi connectivity index (χ2n) is 8.49. The fourth-order valence-electron chi connectivity index (χ4n) is 4.05. The fourth-order valence-corrected chi connectivity index (χ4v) is 4.35. The number of pyridine rings is 1. The van der Waals surface area contributed by atoms with Crippen LogP contribution in [0.3, 0.4) is 0 Å². The number of aliphatic hydroxyl groups is 1. The van der Waals surface area contributed by atoms with E-state index in [1.807, 2.05) is 18.2 Å². The van der Waals surface area contributed by atoms with Crippen LogP contribution in [0.4, 0.5) is 4.39 Å². The van der Waals surface area contributed by atoms with Gasteiger partial charge in [0, 0.05) is 35.1 Å². The van der Waals surface area contributed by atoms with Crippen LogP contribution in [0.2, 0.25) is 10.0 Å². The number of nitrogens with one attached hydrogen (secondary N) is 2. The van der Waals surface area contributed by atoms with Gasteiger partial charge >= 0.3 is 0 Å². The number of fused-ring (bicyclic) bond motifs is 1. The van der Waals surface area contributed by atoms with Crippen molar-refractivity contribution in [2.75, 3.05) is 19.7 Å².